The van der Waals surface area contributed by atoms with Gasteiger partial charge in [-0.15, -0.1) is 0 Å². The van der Waals surface area contributed by atoms with Crippen molar-refractivity contribution in [2.45, 2.75) is 13.8 Å². The van der Waals surface area contributed by atoms with Crippen LogP contribution in [0.25, 0.3) is 0 Å². The molecule has 2 aromatic carbocycles. The van der Waals surface area contributed by atoms with Gasteiger partial charge in [0.05, 0.1) is 6.21 Å². The summed E-state index contributed by atoms with van der Waals surface area (Å²) in [6, 6.07) is 14.0. The van der Waals surface area contributed by atoms with E-state index in [-0.39, 0.29) is 0 Å². The summed E-state index contributed by atoms with van der Waals surface area (Å²) in [5.41, 5.74) is 6.15. The van der Waals surface area contributed by atoms with Crippen LogP contribution in [0.4, 0.5) is 0 Å². The molecule has 0 aromatic heterocycles. The van der Waals surface area contributed by atoms with Crippen molar-refractivity contribution in [3.8, 4) is 11.5 Å². The van der Waals surface area contributed by atoms with Gasteiger partial charge in [-0.25, -0.2) is 0 Å². The summed E-state index contributed by atoms with van der Waals surface area (Å²) in [4.78, 5) is 0. The largest absolute Gasteiger partial charge is 0.457 e. The molecule has 0 saturated carbocycles. The second-order valence-corrected chi connectivity index (χ2v) is 4.48. The zero-order valence-electron chi connectivity index (χ0n) is 11.5. The molecule has 0 spiro atoms. The molecule has 0 aliphatic heterocycles. The molecule has 3 heteroatoms. The Morgan fingerprint density at radius 2 is 1.58 bits per heavy atom. The SMILES string of the molecule is CNN=Cc1ccc(Oc2cc(C)cc(C)c2)cc1. The lowest BCUT2D eigenvalue weighted by molar-refractivity contribution is 0.482. The van der Waals surface area contributed by atoms with Crippen molar-refractivity contribution in [2.75, 3.05) is 7.05 Å². The van der Waals surface area contributed by atoms with Gasteiger partial charge in [-0.2, -0.15) is 5.10 Å². The first-order valence-corrected chi connectivity index (χ1v) is 6.23. The second-order valence-electron chi connectivity index (χ2n) is 4.48. The highest BCUT2D eigenvalue weighted by Crippen LogP contribution is 2.23. The highest BCUT2D eigenvalue weighted by atomic mass is 16.5. The zero-order chi connectivity index (χ0) is 13.7. The second kappa shape index (κ2) is 6.05. The number of nitrogens with one attached hydrogen (secondary N) is 1. The van der Waals surface area contributed by atoms with E-state index in [2.05, 4.69) is 30.4 Å². The number of ether oxygens (including phenoxy) is 1. The predicted octanol–water partition coefficient (Wildman–Crippen LogP) is 3.65. The summed E-state index contributed by atoms with van der Waals surface area (Å²) in [7, 11) is 1.77. The molecule has 1 N–H and O–H groups in total. The van der Waals surface area contributed by atoms with E-state index >= 15 is 0 Å². The molecule has 0 bridgehead atoms. The Kier molecular flexibility index (Phi) is 4.18. The molecule has 3 nitrogen and oxygen atoms in total. The highest BCUT2D eigenvalue weighted by Gasteiger charge is 1.99. The van der Waals surface area contributed by atoms with Crippen molar-refractivity contribution in [2.24, 2.45) is 5.10 Å². The van der Waals surface area contributed by atoms with Crippen LogP contribution in [0.2, 0.25) is 0 Å². The summed E-state index contributed by atoms with van der Waals surface area (Å²) in [5.74, 6) is 1.70. The number of hydrazone groups is 1. The third-order valence-corrected chi connectivity index (χ3v) is 2.65. The quantitative estimate of drug-likeness (QED) is 0.667. The maximum absolute atomic E-state index is 5.84. The van der Waals surface area contributed by atoms with Crippen molar-refractivity contribution in [1.29, 1.82) is 0 Å². The first-order chi connectivity index (χ1) is 9.17. The molecular weight excluding hydrogens is 236 g/mol. The Balaban J connectivity index is 2.12. The molecule has 2 rings (SSSR count). The molecule has 0 atom stereocenters. The van der Waals surface area contributed by atoms with E-state index in [9.17, 15) is 0 Å². The third-order valence-electron chi connectivity index (χ3n) is 2.65. The smallest absolute Gasteiger partial charge is 0.127 e. The van der Waals surface area contributed by atoms with Crippen LogP contribution >= 0.6 is 0 Å². The Morgan fingerprint density at radius 3 is 2.16 bits per heavy atom. The minimum Gasteiger partial charge on any atom is -0.457 e. The van der Waals surface area contributed by atoms with Crippen molar-refractivity contribution < 1.29 is 4.74 Å². The van der Waals surface area contributed by atoms with Crippen LogP contribution in [0, 0.1) is 13.8 Å². The molecule has 19 heavy (non-hydrogen) atoms. The van der Waals surface area contributed by atoms with Gasteiger partial charge in [-0.05, 0) is 66.9 Å². The summed E-state index contributed by atoms with van der Waals surface area (Å²) >= 11 is 0. The van der Waals surface area contributed by atoms with Gasteiger partial charge in [-0.1, -0.05) is 6.07 Å². The minimum absolute atomic E-state index is 0.826. The Labute approximate surface area is 113 Å². The standard InChI is InChI=1S/C16H18N2O/c1-12-8-13(2)10-16(9-12)19-15-6-4-14(5-7-15)11-18-17-3/h4-11,17H,1-3H3. The molecule has 0 amide bonds. The van der Waals surface area contributed by atoms with Gasteiger partial charge in [0.1, 0.15) is 11.5 Å². The van der Waals surface area contributed by atoms with Crippen molar-refractivity contribution in [3.63, 3.8) is 0 Å². The van der Waals surface area contributed by atoms with E-state index in [1.807, 2.05) is 36.4 Å². The van der Waals surface area contributed by atoms with Gasteiger partial charge < -0.3 is 10.2 Å². The number of hydrogen-bond acceptors (Lipinski definition) is 3. The van der Waals surface area contributed by atoms with Crippen molar-refractivity contribution >= 4 is 6.21 Å². The Bertz CT molecular complexity index is 554. The minimum atomic E-state index is 0.826. The number of benzene rings is 2. The van der Waals surface area contributed by atoms with E-state index in [0.717, 1.165) is 17.1 Å². The van der Waals surface area contributed by atoms with Crippen molar-refractivity contribution in [1.82, 2.24) is 5.43 Å². The molecule has 98 valence electrons. The summed E-state index contributed by atoms with van der Waals surface area (Å²) in [6.07, 6.45) is 1.76. The Hall–Kier alpha value is -2.29. The summed E-state index contributed by atoms with van der Waals surface area (Å²) in [6.45, 7) is 4.13. The van der Waals surface area contributed by atoms with Crippen LogP contribution < -0.4 is 10.2 Å². The molecule has 0 aliphatic rings. The van der Waals surface area contributed by atoms with Gasteiger partial charge in [0.25, 0.3) is 0 Å². The molecule has 0 radical (unpaired) electrons. The maximum atomic E-state index is 5.84. The molecular formula is C16H18N2O. The lowest BCUT2D eigenvalue weighted by atomic mass is 10.1. The van der Waals surface area contributed by atoms with Crippen LogP contribution in [-0.2, 0) is 0 Å². The molecule has 0 unspecified atom stereocenters. The van der Waals surface area contributed by atoms with Gasteiger partial charge in [-0.3, -0.25) is 0 Å². The van der Waals surface area contributed by atoms with Crippen LogP contribution in [0.3, 0.4) is 0 Å². The van der Waals surface area contributed by atoms with Gasteiger partial charge in [0, 0.05) is 7.05 Å². The maximum Gasteiger partial charge on any atom is 0.127 e. The average molecular weight is 254 g/mol. The number of aryl methyl sites for hydroxylation is 2. The lowest BCUT2D eigenvalue weighted by Crippen LogP contribution is -1.94. The van der Waals surface area contributed by atoms with Crippen molar-refractivity contribution in [3.05, 3.63) is 59.2 Å². The predicted molar refractivity (Wildman–Crippen MR) is 79.1 cm³/mol. The third kappa shape index (κ3) is 3.85. The van der Waals surface area contributed by atoms with Crippen LogP contribution in [0.15, 0.2) is 47.6 Å². The monoisotopic (exact) mass is 254 g/mol. The van der Waals surface area contributed by atoms with E-state index in [0.29, 0.717) is 0 Å². The molecule has 0 aliphatic carbocycles. The first-order valence-electron chi connectivity index (χ1n) is 6.23. The summed E-state index contributed by atoms with van der Waals surface area (Å²) < 4.78 is 5.84. The fraction of sp³-hybridized carbons (Fsp3) is 0.188. The van der Waals surface area contributed by atoms with Gasteiger partial charge in [0.2, 0.25) is 0 Å². The molecule has 2 aromatic rings. The fourth-order valence-electron chi connectivity index (χ4n) is 1.89. The normalized spacial score (nSPS) is 10.7. The zero-order valence-corrected chi connectivity index (χ0v) is 11.5. The van der Waals surface area contributed by atoms with Gasteiger partial charge in [0.15, 0.2) is 0 Å². The average Bonchev–Trinajstić information content (AvgIpc) is 2.37. The highest BCUT2D eigenvalue weighted by molar-refractivity contribution is 5.79. The van der Waals surface area contributed by atoms with E-state index < -0.39 is 0 Å². The Morgan fingerprint density at radius 1 is 0.947 bits per heavy atom. The number of hydrogen-bond donors (Lipinski definition) is 1. The molecule has 0 fully saturated rings. The first kappa shape index (κ1) is 13.1. The molecule has 0 saturated heterocycles. The number of nitrogens with zero attached hydrogens (tertiary/aromatic N) is 1. The lowest BCUT2D eigenvalue weighted by Gasteiger charge is -2.08. The van der Waals surface area contributed by atoms with Crippen LogP contribution in [0.5, 0.6) is 11.5 Å². The summed E-state index contributed by atoms with van der Waals surface area (Å²) in [5, 5.41) is 3.96. The molecule has 0 heterocycles. The van der Waals surface area contributed by atoms with E-state index in [1.165, 1.54) is 11.1 Å². The van der Waals surface area contributed by atoms with Gasteiger partial charge >= 0.3 is 0 Å². The van der Waals surface area contributed by atoms with E-state index in [1.54, 1.807) is 13.3 Å². The fourth-order valence-corrected chi connectivity index (χ4v) is 1.89. The van der Waals surface area contributed by atoms with Crippen LogP contribution in [-0.4, -0.2) is 13.3 Å². The topological polar surface area (TPSA) is 33.6 Å². The number of rotatable bonds is 4. The van der Waals surface area contributed by atoms with Crippen LogP contribution in [0.1, 0.15) is 16.7 Å². The van der Waals surface area contributed by atoms with E-state index in [4.69, 9.17) is 4.74 Å².